The van der Waals surface area contributed by atoms with E-state index >= 15 is 0 Å². The summed E-state index contributed by atoms with van der Waals surface area (Å²) in [5, 5.41) is 11.2. The highest BCUT2D eigenvalue weighted by atomic mass is 16.6. The Morgan fingerprint density at radius 2 is 2.58 bits per heavy atom. The Kier molecular flexibility index (Phi) is 2.36. The molecule has 1 rings (SSSR count). The summed E-state index contributed by atoms with van der Waals surface area (Å²) in [6.45, 7) is 0. The number of nitrogens with two attached hydrogens (primary N) is 1. The SMILES string of the molecule is COC1N=CC=C([N+](=O)[O-])N1N. The van der Waals surface area contributed by atoms with E-state index in [9.17, 15) is 10.1 Å². The minimum Gasteiger partial charge on any atom is -0.358 e. The number of nitro groups is 1. The number of hydrogen-bond donors (Lipinski definition) is 1. The summed E-state index contributed by atoms with van der Waals surface area (Å²) in [6, 6.07) is 0. The molecule has 0 radical (unpaired) electrons. The fourth-order valence-corrected chi connectivity index (χ4v) is 0.784. The zero-order valence-corrected chi connectivity index (χ0v) is 6.38. The predicted molar refractivity (Wildman–Crippen MR) is 40.4 cm³/mol. The highest BCUT2D eigenvalue weighted by Gasteiger charge is 2.28. The van der Waals surface area contributed by atoms with E-state index in [1.54, 1.807) is 0 Å². The lowest BCUT2D eigenvalue weighted by Crippen LogP contribution is -2.44. The summed E-state index contributed by atoms with van der Waals surface area (Å²) in [6.07, 6.45) is 1.68. The Morgan fingerprint density at radius 3 is 3.08 bits per heavy atom. The number of nitrogens with zero attached hydrogens (tertiary/aromatic N) is 3. The topological polar surface area (TPSA) is 94.0 Å². The van der Waals surface area contributed by atoms with Gasteiger partial charge in [0.1, 0.15) is 0 Å². The van der Waals surface area contributed by atoms with Gasteiger partial charge in [0.25, 0.3) is 0 Å². The van der Waals surface area contributed by atoms with E-state index in [4.69, 9.17) is 10.6 Å². The lowest BCUT2D eigenvalue weighted by atomic mass is 10.5. The van der Waals surface area contributed by atoms with Crippen LogP contribution in [0.4, 0.5) is 0 Å². The second-order valence-electron chi connectivity index (χ2n) is 2.05. The van der Waals surface area contributed by atoms with Crippen molar-refractivity contribution < 1.29 is 9.66 Å². The summed E-state index contributed by atoms with van der Waals surface area (Å²) in [4.78, 5) is 13.5. The molecule has 1 unspecified atom stereocenters. The van der Waals surface area contributed by atoms with Crippen molar-refractivity contribution in [3.05, 3.63) is 22.0 Å². The van der Waals surface area contributed by atoms with Crippen LogP contribution < -0.4 is 5.84 Å². The van der Waals surface area contributed by atoms with Gasteiger partial charge in [-0.05, 0) is 4.92 Å². The van der Waals surface area contributed by atoms with Crippen LogP contribution in [0.25, 0.3) is 0 Å². The third-order valence-electron chi connectivity index (χ3n) is 1.34. The summed E-state index contributed by atoms with van der Waals surface area (Å²) >= 11 is 0. The van der Waals surface area contributed by atoms with Crippen LogP contribution in [0.3, 0.4) is 0 Å². The molecule has 0 aromatic carbocycles. The fraction of sp³-hybridized carbons (Fsp3) is 0.400. The molecule has 2 N–H and O–H groups in total. The van der Waals surface area contributed by atoms with E-state index in [0.29, 0.717) is 0 Å². The monoisotopic (exact) mass is 172 g/mol. The summed E-state index contributed by atoms with van der Waals surface area (Å²) in [5.41, 5.74) is 0. The Morgan fingerprint density at radius 1 is 1.92 bits per heavy atom. The molecule has 12 heavy (non-hydrogen) atoms. The molecular formula is C5H8N4O3. The highest BCUT2D eigenvalue weighted by molar-refractivity contribution is 5.72. The molecule has 66 valence electrons. The second-order valence-corrected chi connectivity index (χ2v) is 2.05. The molecule has 1 aliphatic heterocycles. The van der Waals surface area contributed by atoms with Crippen molar-refractivity contribution in [2.45, 2.75) is 6.35 Å². The van der Waals surface area contributed by atoms with Gasteiger partial charge >= 0.3 is 12.2 Å². The van der Waals surface area contributed by atoms with Gasteiger partial charge in [-0.3, -0.25) is 0 Å². The minimum atomic E-state index is -0.810. The van der Waals surface area contributed by atoms with Gasteiger partial charge in [0.15, 0.2) is 0 Å². The molecule has 7 nitrogen and oxygen atoms in total. The van der Waals surface area contributed by atoms with Crippen LogP contribution in [0.2, 0.25) is 0 Å². The van der Waals surface area contributed by atoms with Crippen molar-refractivity contribution in [2.24, 2.45) is 10.8 Å². The Balaban J connectivity index is 2.83. The quantitative estimate of drug-likeness (QED) is 0.337. The lowest BCUT2D eigenvalue weighted by Gasteiger charge is -2.19. The van der Waals surface area contributed by atoms with Gasteiger partial charge in [-0.15, -0.1) is 5.01 Å². The number of allylic oxidation sites excluding steroid dienone is 1. The van der Waals surface area contributed by atoms with Crippen LogP contribution in [-0.2, 0) is 4.74 Å². The normalized spacial score (nSPS) is 22.3. The summed E-state index contributed by atoms with van der Waals surface area (Å²) < 4.78 is 4.74. The van der Waals surface area contributed by atoms with Crippen molar-refractivity contribution in [3.63, 3.8) is 0 Å². The number of rotatable bonds is 2. The first-order valence-electron chi connectivity index (χ1n) is 3.11. The summed E-state index contributed by atoms with van der Waals surface area (Å²) in [7, 11) is 1.37. The van der Waals surface area contributed by atoms with Gasteiger partial charge in [0, 0.05) is 13.3 Å². The first kappa shape index (κ1) is 8.62. The first-order chi connectivity index (χ1) is 5.66. The molecule has 1 heterocycles. The average molecular weight is 172 g/mol. The van der Waals surface area contributed by atoms with E-state index in [1.807, 2.05) is 0 Å². The summed E-state index contributed by atoms with van der Waals surface area (Å²) in [5.74, 6) is 5.08. The van der Waals surface area contributed by atoms with E-state index in [-0.39, 0.29) is 5.82 Å². The molecule has 1 aliphatic rings. The molecule has 0 spiro atoms. The Bertz CT molecular complexity index is 249. The Hall–Kier alpha value is -1.47. The number of aliphatic imine (C=N–C) groups is 1. The van der Waals surface area contributed by atoms with Gasteiger partial charge in [0.05, 0.1) is 6.08 Å². The maximum Gasteiger partial charge on any atom is 0.341 e. The standard InChI is InChI=1S/C5H8N4O3/c1-12-5-7-3-2-4(8(5)6)9(10)11/h2-3,5H,6H2,1H3. The molecule has 0 aromatic heterocycles. The minimum absolute atomic E-state index is 0.239. The van der Waals surface area contributed by atoms with E-state index in [1.165, 1.54) is 19.4 Å². The van der Waals surface area contributed by atoms with Crippen LogP contribution in [0, 0.1) is 10.1 Å². The number of hydrazine groups is 1. The van der Waals surface area contributed by atoms with Gasteiger partial charge in [-0.2, -0.15) is 5.84 Å². The van der Waals surface area contributed by atoms with E-state index in [2.05, 4.69) is 4.99 Å². The van der Waals surface area contributed by atoms with Gasteiger partial charge in [0.2, 0.25) is 0 Å². The lowest BCUT2D eigenvalue weighted by molar-refractivity contribution is -0.452. The molecule has 0 saturated carbocycles. The molecule has 0 aromatic rings. The maximum absolute atomic E-state index is 10.3. The van der Waals surface area contributed by atoms with Crippen molar-refractivity contribution in [1.82, 2.24) is 5.01 Å². The first-order valence-corrected chi connectivity index (χ1v) is 3.11. The third-order valence-corrected chi connectivity index (χ3v) is 1.34. The third kappa shape index (κ3) is 1.41. The molecule has 0 bridgehead atoms. The Labute approximate surface area is 68.2 Å². The van der Waals surface area contributed by atoms with E-state index in [0.717, 1.165) is 5.01 Å². The van der Waals surface area contributed by atoms with Crippen molar-refractivity contribution in [1.29, 1.82) is 0 Å². The van der Waals surface area contributed by atoms with Gasteiger partial charge in [-0.1, -0.05) is 0 Å². The van der Waals surface area contributed by atoms with Gasteiger partial charge < -0.3 is 14.9 Å². The van der Waals surface area contributed by atoms with Crippen LogP contribution in [0.1, 0.15) is 0 Å². The van der Waals surface area contributed by atoms with Crippen molar-refractivity contribution in [3.8, 4) is 0 Å². The number of hydrogen-bond acceptors (Lipinski definition) is 6. The molecule has 0 aliphatic carbocycles. The largest absolute Gasteiger partial charge is 0.358 e. The maximum atomic E-state index is 10.3. The molecule has 0 amide bonds. The van der Waals surface area contributed by atoms with Crippen LogP contribution in [-0.4, -0.2) is 29.6 Å². The predicted octanol–water partition coefficient (Wildman–Crippen LogP) is -0.705. The fourth-order valence-electron chi connectivity index (χ4n) is 0.784. The average Bonchev–Trinajstić information content (AvgIpc) is 2.04. The highest BCUT2D eigenvalue weighted by Crippen LogP contribution is 2.09. The van der Waals surface area contributed by atoms with Crippen molar-refractivity contribution >= 4 is 6.21 Å². The molecule has 1 atom stereocenters. The van der Waals surface area contributed by atoms with E-state index < -0.39 is 11.3 Å². The molecule has 0 fully saturated rings. The van der Waals surface area contributed by atoms with Crippen LogP contribution >= 0.6 is 0 Å². The number of ether oxygens (including phenoxy) is 1. The zero-order valence-electron chi connectivity index (χ0n) is 6.38. The molecule has 7 heteroatoms. The van der Waals surface area contributed by atoms with Crippen LogP contribution in [0.15, 0.2) is 16.9 Å². The van der Waals surface area contributed by atoms with Gasteiger partial charge in [-0.25, -0.2) is 4.99 Å². The molecular weight excluding hydrogens is 164 g/mol. The smallest absolute Gasteiger partial charge is 0.341 e. The second kappa shape index (κ2) is 3.28. The number of methoxy groups -OCH3 is 1. The molecule has 0 saturated heterocycles. The zero-order chi connectivity index (χ0) is 9.14. The van der Waals surface area contributed by atoms with Crippen molar-refractivity contribution in [2.75, 3.05) is 7.11 Å². The van der Waals surface area contributed by atoms with Crippen LogP contribution in [0.5, 0.6) is 0 Å².